The molecule has 0 atom stereocenters. The van der Waals surface area contributed by atoms with Gasteiger partial charge in [-0.05, 0) is 42.0 Å². The fourth-order valence-corrected chi connectivity index (χ4v) is 2.74. The minimum atomic E-state index is -0.532. The molecule has 0 bridgehead atoms. The lowest BCUT2D eigenvalue weighted by molar-refractivity contribution is -0.120. The first kappa shape index (κ1) is 20.1. The number of ether oxygens (including phenoxy) is 1. The van der Waals surface area contributed by atoms with Gasteiger partial charge in [0.1, 0.15) is 24.7 Å². The summed E-state index contributed by atoms with van der Waals surface area (Å²) in [6.45, 7) is 1.58. The Hall–Kier alpha value is -3.67. The van der Waals surface area contributed by atoms with Gasteiger partial charge in [0, 0.05) is 12.6 Å². The van der Waals surface area contributed by atoms with E-state index in [1.165, 1.54) is 30.0 Å². The lowest BCUT2D eigenvalue weighted by Gasteiger charge is -2.21. The summed E-state index contributed by atoms with van der Waals surface area (Å²) in [7, 11) is 0. The molecule has 3 rings (SSSR count). The van der Waals surface area contributed by atoms with Crippen molar-refractivity contribution < 1.29 is 18.7 Å². The summed E-state index contributed by atoms with van der Waals surface area (Å²) in [5.74, 6) is -0.673. The van der Waals surface area contributed by atoms with E-state index in [4.69, 9.17) is 4.74 Å². The molecule has 0 aromatic heterocycles. The first-order chi connectivity index (χ1) is 14.0. The van der Waals surface area contributed by atoms with E-state index in [2.05, 4.69) is 5.32 Å². The highest BCUT2D eigenvalue weighted by molar-refractivity contribution is 6.01. The minimum Gasteiger partial charge on any atom is -0.489 e. The summed E-state index contributed by atoms with van der Waals surface area (Å²) in [6, 6.07) is 22.5. The van der Waals surface area contributed by atoms with Crippen LogP contribution in [0.3, 0.4) is 0 Å². The second-order valence-electron chi connectivity index (χ2n) is 6.40. The Morgan fingerprint density at radius 3 is 2.24 bits per heavy atom. The molecule has 0 unspecified atom stereocenters. The van der Waals surface area contributed by atoms with Gasteiger partial charge in [-0.1, -0.05) is 42.5 Å². The Morgan fingerprint density at radius 2 is 1.59 bits per heavy atom. The van der Waals surface area contributed by atoms with Crippen LogP contribution >= 0.6 is 0 Å². The molecule has 6 heteroatoms. The molecule has 0 saturated carbocycles. The van der Waals surface area contributed by atoms with Gasteiger partial charge in [-0.15, -0.1) is 0 Å². The van der Waals surface area contributed by atoms with Crippen LogP contribution in [0.4, 0.5) is 15.8 Å². The molecule has 0 fully saturated rings. The topological polar surface area (TPSA) is 58.6 Å². The fourth-order valence-electron chi connectivity index (χ4n) is 2.74. The molecule has 3 aromatic rings. The van der Waals surface area contributed by atoms with Gasteiger partial charge in [0.05, 0.1) is 5.69 Å². The number of benzene rings is 3. The van der Waals surface area contributed by atoms with Crippen molar-refractivity contribution in [3.8, 4) is 5.75 Å². The molecule has 5 nitrogen and oxygen atoms in total. The number of hydrogen-bond acceptors (Lipinski definition) is 3. The van der Waals surface area contributed by atoms with Crippen molar-refractivity contribution in [2.75, 3.05) is 16.8 Å². The highest BCUT2D eigenvalue weighted by Gasteiger charge is 2.17. The second kappa shape index (κ2) is 9.50. The van der Waals surface area contributed by atoms with Crippen LogP contribution in [0.5, 0.6) is 5.75 Å². The van der Waals surface area contributed by atoms with Crippen LogP contribution in [-0.2, 0) is 16.2 Å². The predicted octanol–water partition coefficient (Wildman–Crippen LogP) is 4.40. The number of rotatable bonds is 7. The average molecular weight is 392 g/mol. The molecule has 2 amide bonds. The van der Waals surface area contributed by atoms with Crippen molar-refractivity contribution >= 4 is 23.2 Å². The summed E-state index contributed by atoms with van der Waals surface area (Å²) in [5, 5.41) is 2.48. The standard InChI is InChI=1S/C23H21FN2O3/c1-17(27)26(15-23(28)25-22-10-6-5-9-21(22)24)19-11-13-20(14-12-19)29-16-18-7-3-2-4-8-18/h2-14H,15-16H2,1H3,(H,25,28). The molecule has 0 heterocycles. The van der Waals surface area contributed by atoms with E-state index in [-0.39, 0.29) is 18.1 Å². The number of amides is 2. The second-order valence-corrected chi connectivity index (χ2v) is 6.40. The van der Waals surface area contributed by atoms with E-state index in [1.807, 2.05) is 30.3 Å². The van der Waals surface area contributed by atoms with Gasteiger partial charge in [0.25, 0.3) is 0 Å². The summed E-state index contributed by atoms with van der Waals surface area (Å²) in [5.41, 5.74) is 1.67. The number of nitrogens with one attached hydrogen (secondary N) is 1. The Morgan fingerprint density at radius 1 is 0.931 bits per heavy atom. The lowest BCUT2D eigenvalue weighted by Crippen LogP contribution is -2.36. The molecular weight excluding hydrogens is 371 g/mol. The first-order valence-electron chi connectivity index (χ1n) is 9.12. The smallest absolute Gasteiger partial charge is 0.244 e. The van der Waals surface area contributed by atoms with E-state index >= 15 is 0 Å². The predicted molar refractivity (Wildman–Crippen MR) is 110 cm³/mol. The van der Waals surface area contributed by atoms with Crippen LogP contribution in [-0.4, -0.2) is 18.4 Å². The average Bonchev–Trinajstić information content (AvgIpc) is 2.73. The zero-order valence-corrected chi connectivity index (χ0v) is 16.0. The Balaban J connectivity index is 1.63. The van der Waals surface area contributed by atoms with E-state index in [9.17, 15) is 14.0 Å². The monoisotopic (exact) mass is 392 g/mol. The summed E-state index contributed by atoms with van der Waals surface area (Å²) in [4.78, 5) is 25.6. The fraction of sp³-hybridized carbons (Fsp3) is 0.130. The molecule has 1 N–H and O–H groups in total. The number of anilines is 2. The molecule has 0 saturated heterocycles. The Bertz CT molecular complexity index is 975. The molecule has 148 valence electrons. The van der Waals surface area contributed by atoms with Crippen LogP contribution in [0.15, 0.2) is 78.9 Å². The van der Waals surface area contributed by atoms with Gasteiger partial charge < -0.3 is 15.0 Å². The van der Waals surface area contributed by atoms with Crippen molar-refractivity contribution in [2.24, 2.45) is 0 Å². The highest BCUT2D eigenvalue weighted by Crippen LogP contribution is 2.21. The highest BCUT2D eigenvalue weighted by atomic mass is 19.1. The Labute approximate surface area is 168 Å². The van der Waals surface area contributed by atoms with Crippen molar-refractivity contribution in [3.05, 3.63) is 90.2 Å². The van der Waals surface area contributed by atoms with Crippen molar-refractivity contribution in [2.45, 2.75) is 13.5 Å². The van der Waals surface area contributed by atoms with E-state index in [1.54, 1.807) is 30.3 Å². The summed E-state index contributed by atoms with van der Waals surface area (Å²) < 4.78 is 19.4. The maximum absolute atomic E-state index is 13.7. The number of nitrogens with zero attached hydrogens (tertiary/aromatic N) is 1. The van der Waals surface area contributed by atoms with Gasteiger partial charge in [0.15, 0.2) is 0 Å². The molecule has 0 aliphatic rings. The summed E-state index contributed by atoms with van der Waals surface area (Å²) in [6.07, 6.45) is 0. The van der Waals surface area contributed by atoms with Crippen LogP contribution < -0.4 is 15.0 Å². The third-order valence-corrected chi connectivity index (χ3v) is 4.23. The van der Waals surface area contributed by atoms with Crippen LogP contribution in [0.2, 0.25) is 0 Å². The van der Waals surface area contributed by atoms with E-state index in [0.717, 1.165) is 5.56 Å². The maximum Gasteiger partial charge on any atom is 0.244 e. The number of para-hydroxylation sites is 1. The molecule has 3 aromatic carbocycles. The molecule has 0 aliphatic heterocycles. The van der Waals surface area contributed by atoms with Crippen LogP contribution in [0, 0.1) is 5.82 Å². The SMILES string of the molecule is CC(=O)N(CC(=O)Nc1ccccc1F)c1ccc(OCc2ccccc2)cc1. The first-order valence-corrected chi connectivity index (χ1v) is 9.12. The largest absolute Gasteiger partial charge is 0.489 e. The maximum atomic E-state index is 13.7. The van der Waals surface area contributed by atoms with E-state index in [0.29, 0.717) is 18.0 Å². The Kier molecular flexibility index (Phi) is 6.58. The van der Waals surface area contributed by atoms with Crippen LogP contribution in [0.25, 0.3) is 0 Å². The summed E-state index contributed by atoms with van der Waals surface area (Å²) >= 11 is 0. The van der Waals surface area contributed by atoms with Crippen LogP contribution in [0.1, 0.15) is 12.5 Å². The zero-order chi connectivity index (χ0) is 20.6. The van der Waals surface area contributed by atoms with Gasteiger partial charge in [-0.3, -0.25) is 9.59 Å². The third-order valence-electron chi connectivity index (χ3n) is 4.23. The molecular formula is C23H21FN2O3. The zero-order valence-electron chi connectivity index (χ0n) is 16.0. The van der Waals surface area contributed by atoms with Gasteiger partial charge in [-0.25, -0.2) is 4.39 Å². The molecule has 0 radical (unpaired) electrons. The van der Waals surface area contributed by atoms with Gasteiger partial charge in [-0.2, -0.15) is 0 Å². The number of carbonyl (C=O) groups excluding carboxylic acids is 2. The molecule has 0 aliphatic carbocycles. The van der Waals surface area contributed by atoms with Crippen molar-refractivity contribution in [1.82, 2.24) is 0 Å². The van der Waals surface area contributed by atoms with Crippen molar-refractivity contribution in [3.63, 3.8) is 0 Å². The number of carbonyl (C=O) groups is 2. The minimum absolute atomic E-state index is 0.0747. The van der Waals surface area contributed by atoms with Crippen molar-refractivity contribution in [1.29, 1.82) is 0 Å². The molecule has 0 spiro atoms. The van der Waals surface area contributed by atoms with Gasteiger partial charge >= 0.3 is 0 Å². The lowest BCUT2D eigenvalue weighted by atomic mass is 10.2. The number of hydrogen-bond donors (Lipinski definition) is 1. The van der Waals surface area contributed by atoms with E-state index < -0.39 is 11.7 Å². The van der Waals surface area contributed by atoms with Gasteiger partial charge in [0.2, 0.25) is 11.8 Å². The third kappa shape index (κ3) is 5.65. The molecule has 29 heavy (non-hydrogen) atoms. The quantitative estimate of drug-likeness (QED) is 0.649. The number of halogens is 1. The normalized spacial score (nSPS) is 10.3.